The normalized spacial score (nSPS) is 11.1. The van der Waals surface area contributed by atoms with Crippen molar-refractivity contribution in [3.05, 3.63) is 61.2 Å². The number of amides is 1. The monoisotopic (exact) mass is 336 g/mol. The first-order chi connectivity index (χ1) is 11.0. The van der Waals surface area contributed by atoms with Crippen molar-refractivity contribution in [1.82, 2.24) is 5.43 Å². The fraction of sp³-hybridized carbons (Fsp3) is 0. The van der Waals surface area contributed by atoms with Crippen LogP contribution in [0.3, 0.4) is 0 Å². The van der Waals surface area contributed by atoms with Crippen LogP contribution < -0.4 is 5.43 Å². The first-order valence-corrected chi connectivity index (χ1v) is 6.77. The van der Waals surface area contributed by atoms with E-state index in [9.17, 15) is 25.0 Å². The van der Waals surface area contributed by atoms with Crippen molar-refractivity contribution >= 4 is 40.4 Å². The Morgan fingerprint density at radius 2 is 2.00 bits per heavy atom. The summed E-state index contributed by atoms with van der Waals surface area (Å²) in [7, 11) is 0. The molecule has 23 heavy (non-hydrogen) atoms. The Morgan fingerprint density at radius 1 is 1.22 bits per heavy atom. The minimum atomic E-state index is -0.661. The van der Waals surface area contributed by atoms with E-state index in [0.717, 1.165) is 11.3 Å². The van der Waals surface area contributed by atoms with E-state index in [1.54, 1.807) is 0 Å². The smallest absolute Gasteiger partial charge is 0.401 e. The number of nitro groups is 2. The molecule has 0 radical (unpaired) electrons. The van der Waals surface area contributed by atoms with Gasteiger partial charge in [0.1, 0.15) is 15.6 Å². The molecule has 2 rings (SSSR count). The van der Waals surface area contributed by atoms with Crippen molar-refractivity contribution in [2.24, 2.45) is 5.10 Å². The highest BCUT2D eigenvalue weighted by Crippen LogP contribution is 2.23. The lowest BCUT2D eigenvalue weighted by Gasteiger charge is -1.93. The molecule has 0 aliphatic heterocycles. The molecule has 0 aromatic carbocycles. The van der Waals surface area contributed by atoms with Crippen molar-refractivity contribution in [2.75, 3.05) is 0 Å². The Balaban J connectivity index is 1.87. The largest absolute Gasteiger partial charge is 0.433 e. The van der Waals surface area contributed by atoms with Gasteiger partial charge in [-0.3, -0.25) is 25.0 Å². The zero-order valence-corrected chi connectivity index (χ0v) is 12.1. The van der Waals surface area contributed by atoms with E-state index in [1.165, 1.54) is 42.6 Å². The number of thiophene rings is 1. The summed E-state index contributed by atoms with van der Waals surface area (Å²) in [5.74, 6) is -0.709. The van der Waals surface area contributed by atoms with Crippen LogP contribution in [-0.2, 0) is 0 Å². The maximum atomic E-state index is 11.6. The van der Waals surface area contributed by atoms with Crippen LogP contribution >= 0.6 is 11.3 Å². The number of hydrogen-bond donors (Lipinski definition) is 1. The molecule has 2 heterocycles. The van der Waals surface area contributed by atoms with Crippen molar-refractivity contribution in [2.45, 2.75) is 0 Å². The van der Waals surface area contributed by atoms with Crippen LogP contribution in [0.2, 0.25) is 0 Å². The highest BCUT2D eigenvalue weighted by atomic mass is 32.1. The van der Waals surface area contributed by atoms with Crippen LogP contribution in [0.5, 0.6) is 0 Å². The molecular formula is C12H8N4O6S. The summed E-state index contributed by atoms with van der Waals surface area (Å²) in [5, 5.41) is 24.4. The molecule has 0 saturated heterocycles. The Hall–Kier alpha value is -3.34. The lowest BCUT2D eigenvalue weighted by atomic mass is 10.4. The third-order valence-corrected chi connectivity index (χ3v) is 3.41. The Bertz CT molecular complexity index is 806. The highest BCUT2D eigenvalue weighted by Gasteiger charge is 2.14. The third-order valence-electron chi connectivity index (χ3n) is 2.38. The molecular weight excluding hydrogens is 328 g/mol. The molecule has 11 heteroatoms. The van der Waals surface area contributed by atoms with E-state index in [0.29, 0.717) is 0 Å². The number of hydrazone groups is 1. The Kier molecular flexibility index (Phi) is 4.94. The number of furan rings is 1. The minimum absolute atomic E-state index is 0.140. The predicted molar refractivity (Wildman–Crippen MR) is 81.3 cm³/mol. The van der Waals surface area contributed by atoms with Gasteiger partial charge in [0.05, 0.1) is 11.0 Å². The van der Waals surface area contributed by atoms with Gasteiger partial charge in [0.2, 0.25) is 0 Å². The van der Waals surface area contributed by atoms with Crippen molar-refractivity contribution in [3.8, 4) is 0 Å². The average Bonchev–Trinajstić information content (AvgIpc) is 3.16. The molecule has 1 amide bonds. The van der Waals surface area contributed by atoms with E-state index >= 15 is 0 Å². The van der Waals surface area contributed by atoms with Crippen LogP contribution in [0.25, 0.3) is 6.08 Å². The fourth-order valence-electron chi connectivity index (χ4n) is 1.41. The quantitative estimate of drug-likeness (QED) is 0.488. The van der Waals surface area contributed by atoms with Crippen LogP contribution in [0.15, 0.2) is 39.9 Å². The molecule has 0 unspecified atom stereocenters. The molecule has 0 aliphatic carbocycles. The second-order valence-corrected chi connectivity index (χ2v) is 4.97. The standard InChI is InChI=1S/C12H8N4O6S/c17-12(9-4-6-11(23-9)16(20)21)14-13-7-1-2-8-3-5-10(22-8)15(18)19/h1-7H,(H,14,17). The summed E-state index contributed by atoms with van der Waals surface area (Å²) < 4.78 is 4.87. The van der Waals surface area contributed by atoms with Crippen LogP contribution in [0.1, 0.15) is 15.4 Å². The van der Waals surface area contributed by atoms with Gasteiger partial charge < -0.3 is 4.42 Å². The van der Waals surface area contributed by atoms with Crippen molar-refractivity contribution in [3.63, 3.8) is 0 Å². The summed E-state index contributed by atoms with van der Waals surface area (Å²) >= 11 is 0.733. The summed E-state index contributed by atoms with van der Waals surface area (Å²) in [6, 6.07) is 5.17. The number of rotatable bonds is 6. The molecule has 0 atom stereocenters. The van der Waals surface area contributed by atoms with Gasteiger partial charge in [0.15, 0.2) is 0 Å². The van der Waals surface area contributed by atoms with Gasteiger partial charge in [-0.15, -0.1) is 0 Å². The average molecular weight is 336 g/mol. The molecule has 0 saturated carbocycles. The van der Waals surface area contributed by atoms with E-state index in [-0.39, 0.29) is 21.5 Å². The number of carbonyl (C=O) groups is 1. The SMILES string of the molecule is O=C(NN=CC=Cc1ccc([N+](=O)[O-])o1)c1ccc([N+](=O)[O-])s1. The lowest BCUT2D eigenvalue weighted by molar-refractivity contribution is -0.402. The number of carbonyl (C=O) groups excluding carboxylic acids is 1. The van der Waals surface area contributed by atoms with Crippen molar-refractivity contribution in [1.29, 1.82) is 0 Å². The van der Waals surface area contributed by atoms with Gasteiger partial charge in [-0.25, -0.2) is 5.43 Å². The maximum Gasteiger partial charge on any atom is 0.433 e. The molecule has 118 valence electrons. The number of nitrogens with one attached hydrogen (secondary N) is 1. The fourth-order valence-corrected chi connectivity index (χ4v) is 2.12. The molecule has 1 N–H and O–H groups in total. The molecule has 2 aromatic rings. The zero-order chi connectivity index (χ0) is 16.8. The number of allylic oxidation sites excluding steroid dienone is 1. The first kappa shape index (κ1) is 16.0. The van der Waals surface area contributed by atoms with Crippen LogP contribution in [0.4, 0.5) is 10.9 Å². The Morgan fingerprint density at radius 3 is 2.61 bits per heavy atom. The second kappa shape index (κ2) is 7.09. The predicted octanol–water partition coefficient (Wildman–Crippen LogP) is 2.59. The van der Waals surface area contributed by atoms with E-state index in [4.69, 9.17) is 4.42 Å². The number of hydrogen-bond acceptors (Lipinski definition) is 8. The first-order valence-electron chi connectivity index (χ1n) is 5.96. The molecule has 0 spiro atoms. The topological polar surface area (TPSA) is 141 Å². The summed E-state index contributed by atoms with van der Waals surface area (Å²) in [4.78, 5) is 31.5. The molecule has 0 aliphatic rings. The summed E-state index contributed by atoms with van der Waals surface area (Å²) in [6.07, 6.45) is 4.05. The third kappa shape index (κ3) is 4.31. The van der Waals surface area contributed by atoms with Gasteiger partial charge in [0, 0.05) is 12.3 Å². The highest BCUT2D eigenvalue weighted by molar-refractivity contribution is 7.17. The maximum absolute atomic E-state index is 11.6. The van der Waals surface area contributed by atoms with Crippen LogP contribution in [-0.4, -0.2) is 22.0 Å². The summed E-state index contributed by atoms with van der Waals surface area (Å²) in [5.41, 5.74) is 2.19. The van der Waals surface area contributed by atoms with Crippen molar-refractivity contribution < 1.29 is 19.1 Å². The minimum Gasteiger partial charge on any atom is -0.401 e. The van der Waals surface area contributed by atoms with E-state index < -0.39 is 15.8 Å². The van der Waals surface area contributed by atoms with Gasteiger partial charge in [0.25, 0.3) is 5.91 Å². The molecule has 0 fully saturated rings. The molecule has 10 nitrogen and oxygen atoms in total. The van der Waals surface area contributed by atoms with E-state index in [2.05, 4.69) is 10.5 Å². The summed E-state index contributed by atoms with van der Waals surface area (Å²) in [6.45, 7) is 0. The van der Waals surface area contributed by atoms with Gasteiger partial charge in [-0.05, 0) is 24.3 Å². The van der Waals surface area contributed by atoms with Gasteiger partial charge in [-0.1, -0.05) is 11.3 Å². The Labute approximate surface area is 132 Å². The van der Waals surface area contributed by atoms with Gasteiger partial charge in [-0.2, -0.15) is 5.10 Å². The molecule has 0 bridgehead atoms. The lowest BCUT2D eigenvalue weighted by Crippen LogP contribution is -2.15. The second-order valence-electron chi connectivity index (χ2n) is 3.91. The van der Waals surface area contributed by atoms with E-state index in [1.807, 2.05) is 0 Å². The zero-order valence-electron chi connectivity index (χ0n) is 11.2. The number of nitrogens with zero attached hydrogens (tertiary/aromatic N) is 3. The molecule has 2 aromatic heterocycles. The van der Waals surface area contributed by atoms with Gasteiger partial charge >= 0.3 is 10.9 Å². The van der Waals surface area contributed by atoms with Crippen LogP contribution in [0, 0.1) is 20.2 Å².